The molecule has 0 saturated heterocycles. The molecule has 15 heavy (non-hydrogen) atoms. The van der Waals surface area contributed by atoms with Gasteiger partial charge < -0.3 is 5.11 Å². The van der Waals surface area contributed by atoms with Crippen LogP contribution in [0.3, 0.4) is 0 Å². The highest BCUT2D eigenvalue weighted by molar-refractivity contribution is 5.13. The average Bonchev–Trinajstić information content (AvgIpc) is 2.62. The molecule has 1 N–H and O–H groups in total. The van der Waals surface area contributed by atoms with Crippen LogP contribution < -0.4 is 5.56 Å². The molecule has 0 bridgehead atoms. The number of aromatic nitrogens is 2. The Morgan fingerprint density at radius 3 is 2.80 bits per heavy atom. The van der Waals surface area contributed by atoms with Gasteiger partial charge in [0.1, 0.15) is 0 Å². The number of nitrogens with zero attached hydrogens (tertiary/aromatic N) is 2. The zero-order valence-corrected chi connectivity index (χ0v) is 9.10. The lowest BCUT2D eigenvalue weighted by Crippen LogP contribution is -2.31. The SMILES string of the molecule is Cc1ncn(C2CCCC2O)c(=O)c1C. The maximum Gasteiger partial charge on any atom is 0.256 e. The van der Waals surface area contributed by atoms with Crippen LogP contribution in [0.25, 0.3) is 0 Å². The molecule has 1 aliphatic carbocycles. The van der Waals surface area contributed by atoms with Crippen molar-refractivity contribution < 1.29 is 5.11 Å². The monoisotopic (exact) mass is 208 g/mol. The first-order valence-corrected chi connectivity index (χ1v) is 5.33. The molecule has 2 rings (SSSR count). The van der Waals surface area contributed by atoms with Crippen LogP contribution in [0, 0.1) is 13.8 Å². The summed E-state index contributed by atoms with van der Waals surface area (Å²) >= 11 is 0. The molecule has 1 aromatic heterocycles. The fourth-order valence-corrected chi connectivity index (χ4v) is 2.13. The average molecular weight is 208 g/mol. The highest BCUT2D eigenvalue weighted by atomic mass is 16.3. The van der Waals surface area contributed by atoms with Gasteiger partial charge >= 0.3 is 0 Å². The second-order valence-electron chi connectivity index (χ2n) is 4.23. The zero-order valence-electron chi connectivity index (χ0n) is 9.10. The van der Waals surface area contributed by atoms with Gasteiger partial charge in [0.2, 0.25) is 0 Å². The third-order valence-corrected chi connectivity index (χ3v) is 3.28. The van der Waals surface area contributed by atoms with Gasteiger partial charge in [0.05, 0.1) is 18.5 Å². The Morgan fingerprint density at radius 1 is 1.47 bits per heavy atom. The molecule has 0 radical (unpaired) electrons. The van der Waals surface area contributed by atoms with E-state index >= 15 is 0 Å². The Labute approximate surface area is 88.6 Å². The normalized spacial score (nSPS) is 25.8. The molecule has 1 saturated carbocycles. The summed E-state index contributed by atoms with van der Waals surface area (Å²) in [5, 5.41) is 9.74. The fourth-order valence-electron chi connectivity index (χ4n) is 2.13. The Morgan fingerprint density at radius 2 is 2.20 bits per heavy atom. The summed E-state index contributed by atoms with van der Waals surface area (Å²) in [5.74, 6) is 0. The van der Waals surface area contributed by atoms with E-state index in [1.807, 2.05) is 6.92 Å². The van der Waals surface area contributed by atoms with Gasteiger partial charge in [-0.2, -0.15) is 0 Å². The zero-order chi connectivity index (χ0) is 11.0. The quantitative estimate of drug-likeness (QED) is 0.747. The van der Waals surface area contributed by atoms with E-state index in [4.69, 9.17) is 0 Å². The van der Waals surface area contributed by atoms with Crippen LogP contribution in [0.1, 0.15) is 36.6 Å². The predicted octanol–water partition coefficient (Wildman–Crippen LogP) is 0.946. The molecule has 1 aromatic rings. The van der Waals surface area contributed by atoms with E-state index in [-0.39, 0.29) is 11.6 Å². The van der Waals surface area contributed by atoms with Crippen molar-refractivity contribution in [3.8, 4) is 0 Å². The van der Waals surface area contributed by atoms with Crippen molar-refractivity contribution in [1.29, 1.82) is 0 Å². The van der Waals surface area contributed by atoms with Crippen molar-refractivity contribution in [3.05, 3.63) is 27.9 Å². The highest BCUT2D eigenvalue weighted by Crippen LogP contribution is 2.28. The third-order valence-electron chi connectivity index (χ3n) is 3.28. The molecule has 82 valence electrons. The van der Waals surface area contributed by atoms with Crippen LogP contribution in [0.2, 0.25) is 0 Å². The van der Waals surface area contributed by atoms with Crippen LogP contribution in [0.4, 0.5) is 0 Å². The first kappa shape index (κ1) is 10.4. The molecule has 1 fully saturated rings. The molecule has 0 aliphatic heterocycles. The van der Waals surface area contributed by atoms with E-state index in [0.29, 0.717) is 5.56 Å². The van der Waals surface area contributed by atoms with Gasteiger partial charge in [-0.1, -0.05) is 0 Å². The Bertz CT molecular complexity index is 425. The summed E-state index contributed by atoms with van der Waals surface area (Å²) in [6.07, 6.45) is 3.79. The van der Waals surface area contributed by atoms with Crippen molar-refractivity contribution in [1.82, 2.24) is 9.55 Å². The molecular weight excluding hydrogens is 192 g/mol. The molecule has 0 amide bonds. The second kappa shape index (κ2) is 3.77. The topological polar surface area (TPSA) is 55.1 Å². The molecule has 1 aliphatic rings. The second-order valence-corrected chi connectivity index (χ2v) is 4.23. The summed E-state index contributed by atoms with van der Waals surface area (Å²) in [6.45, 7) is 3.61. The minimum atomic E-state index is -0.397. The third kappa shape index (κ3) is 1.69. The summed E-state index contributed by atoms with van der Waals surface area (Å²) in [4.78, 5) is 16.1. The number of aryl methyl sites for hydroxylation is 1. The maximum atomic E-state index is 11.9. The van der Waals surface area contributed by atoms with Gasteiger partial charge in [-0.15, -0.1) is 0 Å². The lowest BCUT2D eigenvalue weighted by Gasteiger charge is -2.18. The van der Waals surface area contributed by atoms with E-state index in [9.17, 15) is 9.90 Å². The number of hydrogen-bond donors (Lipinski definition) is 1. The highest BCUT2D eigenvalue weighted by Gasteiger charge is 2.27. The Hall–Kier alpha value is -1.16. The van der Waals surface area contributed by atoms with Gasteiger partial charge in [-0.3, -0.25) is 9.36 Å². The van der Waals surface area contributed by atoms with Crippen molar-refractivity contribution in [3.63, 3.8) is 0 Å². The molecule has 2 atom stereocenters. The summed E-state index contributed by atoms with van der Waals surface area (Å²) in [5.41, 5.74) is 1.42. The molecule has 4 heteroatoms. The Kier molecular flexibility index (Phi) is 2.61. The first-order valence-electron chi connectivity index (χ1n) is 5.33. The fraction of sp³-hybridized carbons (Fsp3) is 0.636. The lowest BCUT2D eigenvalue weighted by molar-refractivity contribution is 0.134. The van der Waals surface area contributed by atoms with Crippen LogP contribution in [-0.4, -0.2) is 20.8 Å². The minimum absolute atomic E-state index is 0.0200. The van der Waals surface area contributed by atoms with Crippen molar-refractivity contribution in [2.45, 2.75) is 45.3 Å². The number of rotatable bonds is 1. The van der Waals surface area contributed by atoms with Gasteiger partial charge in [-0.25, -0.2) is 4.98 Å². The van der Waals surface area contributed by atoms with Gasteiger partial charge in [0, 0.05) is 11.3 Å². The molecular formula is C11H16N2O2. The first-order chi connectivity index (χ1) is 7.11. The van der Waals surface area contributed by atoms with E-state index in [1.165, 1.54) is 0 Å². The molecule has 1 heterocycles. The van der Waals surface area contributed by atoms with Crippen LogP contribution in [0.5, 0.6) is 0 Å². The number of hydrogen-bond acceptors (Lipinski definition) is 3. The summed E-state index contributed by atoms with van der Waals surface area (Å²) < 4.78 is 1.58. The molecule has 2 unspecified atom stereocenters. The summed E-state index contributed by atoms with van der Waals surface area (Å²) in [6, 6.07) is -0.0794. The van der Waals surface area contributed by atoms with E-state index in [0.717, 1.165) is 25.0 Å². The van der Waals surface area contributed by atoms with Crippen LogP contribution in [-0.2, 0) is 0 Å². The molecule has 4 nitrogen and oxygen atoms in total. The minimum Gasteiger partial charge on any atom is -0.391 e. The van der Waals surface area contributed by atoms with Crippen molar-refractivity contribution in [2.24, 2.45) is 0 Å². The van der Waals surface area contributed by atoms with Crippen molar-refractivity contribution in [2.75, 3.05) is 0 Å². The van der Waals surface area contributed by atoms with Crippen LogP contribution >= 0.6 is 0 Å². The summed E-state index contributed by atoms with van der Waals surface area (Å²) in [7, 11) is 0. The van der Waals surface area contributed by atoms with E-state index in [2.05, 4.69) is 4.98 Å². The largest absolute Gasteiger partial charge is 0.391 e. The molecule has 0 aromatic carbocycles. The van der Waals surface area contributed by atoms with Gasteiger partial charge in [-0.05, 0) is 33.1 Å². The van der Waals surface area contributed by atoms with Gasteiger partial charge in [0.25, 0.3) is 5.56 Å². The number of aliphatic hydroxyl groups excluding tert-OH is 1. The number of aliphatic hydroxyl groups is 1. The van der Waals surface area contributed by atoms with Crippen LogP contribution in [0.15, 0.2) is 11.1 Å². The van der Waals surface area contributed by atoms with E-state index < -0.39 is 6.10 Å². The standard InChI is InChI=1S/C11H16N2O2/c1-7-8(2)12-6-13(11(7)15)9-4-3-5-10(9)14/h6,9-10,14H,3-5H2,1-2H3. The van der Waals surface area contributed by atoms with Gasteiger partial charge in [0.15, 0.2) is 0 Å². The maximum absolute atomic E-state index is 11.9. The predicted molar refractivity (Wildman–Crippen MR) is 56.9 cm³/mol. The lowest BCUT2D eigenvalue weighted by atomic mass is 10.2. The Balaban J connectivity index is 2.45. The van der Waals surface area contributed by atoms with Crippen molar-refractivity contribution >= 4 is 0 Å². The smallest absolute Gasteiger partial charge is 0.256 e. The molecule has 0 spiro atoms. The van der Waals surface area contributed by atoms with E-state index in [1.54, 1.807) is 17.8 Å².